The van der Waals surface area contributed by atoms with Crippen LogP contribution in [0.5, 0.6) is 5.75 Å². The number of hydrogen-bond acceptors (Lipinski definition) is 3. The van der Waals surface area contributed by atoms with Gasteiger partial charge in [-0.3, -0.25) is 0 Å². The fourth-order valence-corrected chi connectivity index (χ4v) is 3.29. The summed E-state index contributed by atoms with van der Waals surface area (Å²) in [5.41, 5.74) is 2.18. The zero-order valence-corrected chi connectivity index (χ0v) is 14.6. The van der Waals surface area contributed by atoms with E-state index in [1.807, 2.05) is 48.5 Å². The lowest BCUT2D eigenvalue weighted by molar-refractivity contribution is 0.0617. The lowest BCUT2D eigenvalue weighted by atomic mass is 10.1. The summed E-state index contributed by atoms with van der Waals surface area (Å²) in [6.07, 6.45) is 3.33. The molecule has 0 bridgehead atoms. The van der Waals surface area contributed by atoms with E-state index in [1.165, 1.54) is 19.3 Å². The molecule has 0 aliphatic carbocycles. The van der Waals surface area contributed by atoms with Crippen LogP contribution in [0.2, 0.25) is 5.02 Å². The number of benzene rings is 2. The van der Waals surface area contributed by atoms with Gasteiger partial charge in [0, 0.05) is 11.6 Å². The molecule has 1 N–H and O–H groups in total. The molecule has 0 spiro atoms. The molecule has 3 rings (SSSR count). The molecule has 4 heteroatoms. The molecule has 3 nitrogen and oxygen atoms in total. The van der Waals surface area contributed by atoms with Crippen LogP contribution < -0.4 is 4.74 Å². The summed E-state index contributed by atoms with van der Waals surface area (Å²) < 4.78 is 5.72. The maximum atomic E-state index is 10.1. The Balaban J connectivity index is 1.50. The second kappa shape index (κ2) is 8.52. The van der Waals surface area contributed by atoms with E-state index in [1.54, 1.807) is 0 Å². The van der Waals surface area contributed by atoms with Crippen molar-refractivity contribution < 1.29 is 9.84 Å². The first kappa shape index (κ1) is 17.3. The van der Waals surface area contributed by atoms with Crippen molar-refractivity contribution >= 4 is 11.6 Å². The lowest BCUT2D eigenvalue weighted by Crippen LogP contribution is -2.38. The first-order valence-electron chi connectivity index (χ1n) is 8.60. The van der Waals surface area contributed by atoms with Crippen molar-refractivity contribution in [2.45, 2.75) is 25.4 Å². The Labute approximate surface area is 148 Å². The van der Waals surface area contributed by atoms with Gasteiger partial charge in [-0.1, -0.05) is 42.3 Å². The fraction of sp³-hybridized carbons (Fsp3) is 0.400. The minimum Gasteiger partial charge on any atom is -0.491 e. The number of ether oxygens (including phenoxy) is 1. The quantitative estimate of drug-likeness (QED) is 0.850. The first-order chi connectivity index (χ1) is 11.7. The van der Waals surface area contributed by atoms with Crippen molar-refractivity contribution in [3.8, 4) is 16.9 Å². The summed E-state index contributed by atoms with van der Waals surface area (Å²) in [5.74, 6) is 0.776. The van der Waals surface area contributed by atoms with E-state index < -0.39 is 6.10 Å². The molecule has 1 unspecified atom stereocenters. The van der Waals surface area contributed by atoms with Gasteiger partial charge in [-0.05, 0) is 61.3 Å². The van der Waals surface area contributed by atoms with Gasteiger partial charge in [0.1, 0.15) is 18.5 Å². The predicted octanol–water partition coefficient (Wildman–Crippen LogP) is 4.23. The van der Waals surface area contributed by atoms with Crippen LogP contribution in [0.15, 0.2) is 48.5 Å². The fourth-order valence-electron chi connectivity index (χ4n) is 3.10. The highest BCUT2D eigenvalue weighted by atomic mass is 35.5. The van der Waals surface area contributed by atoms with Crippen LogP contribution in [-0.2, 0) is 0 Å². The number of piperidine rings is 1. The summed E-state index contributed by atoms with van der Waals surface area (Å²) >= 11 is 6.03. The van der Waals surface area contributed by atoms with Crippen LogP contribution in [0.25, 0.3) is 11.1 Å². The highest BCUT2D eigenvalue weighted by Crippen LogP contribution is 2.24. The Morgan fingerprint density at radius 2 is 1.75 bits per heavy atom. The topological polar surface area (TPSA) is 32.7 Å². The Kier molecular flexibility index (Phi) is 6.13. The van der Waals surface area contributed by atoms with E-state index in [9.17, 15) is 5.11 Å². The summed E-state index contributed by atoms with van der Waals surface area (Å²) in [6.45, 7) is 3.20. The largest absolute Gasteiger partial charge is 0.491 e. The standard InChI is InChI=1S/C20H24ClNO2/c21-18-6-4-5-17(13-18)16-7-9-20(10-8-16)24-15-19(23)14-22-11-2-1-3-12-22/h4-10,13,19,23H,1-3,11-12,14-15H2. The lowest BCUT2D eigenvalue weighted by Gasteiger charge is -2.28. The summed E-state index contributed by atoms with van der Waals surface area (Å²) in [5, 5.41) is 10.9. The normalized spacial score (nSPS) is 16.8. The number of rotatable bonds is 6. The SMILES string of the molecule is OC(COc1ccc(-c2cccc(Cl)c2)cc1)CN1CCCCC1. The maximum absolute atomic E-state index is 10.1. The number of nitrogens with zero attached hydrogens (tertiary/aromatic N) is 1. The minimum atomic E-state index is -0.448. The number of β-amino-alcohol motifs (C(OH)–C–C–N with tert-alkyl or cyclic N) is 1. The molecule has 1 aliphatic heterocycles. The molecule has 0 amide bonds. The second-order valence-corrected chi connectivity index (χ2v) is 6.80. The molecule has 1 aliphatic rings. The Bertz CT molecular complexity index is 638. The number of hydrogen-bond donors (Lipinski definition) is 1. The van der Waals surface area contributed by atoms with Crippen LogP contribution >= 0.6 is 11.6 Å². The van der Waals surface area contributed by atoms with Gasteiger partial charge in [0.15, 0.2) is 0 Å². The van der Waals surface area contributed by atoms with Gasteiger partial charge in [0.05, 0.1) is 0 Å². The number of halogens is 1. The van der Waals surface area contributed by atoms with Gasteiger partial charge >= 0.3 is 0 Å². The number of aliphatic hydroxyl groups excluding tert-OH is 1. The molecule has 0 aromatic heterocycles. The average Bonchev–Trinajstić information content (AvgIpc) is 2.61. The molecule has 0 saturated carbocycles. The van der Waals surface area contributed by atoms with Gasteiger partial charge in [-0.2, -0.15) is 0 Å². The second-order valence-electron chi connectivity index (χ2n) is 6.36. The molecule has 1 atom stereocenters. The molecule has 2 aromatic rings. The maximum Gasteiger partial charge on any atom is 0.119 e. The molecule has 0 radical (unpaired) electrons. The average molecular weight is 346 g/mol. The highest BCUT2D eigenvalue weighted by molar-refractivity contribution is 6.30. The van der Waals surface area contributed by atoms with Crippen molar-refractivity contribution in [2.75, 3.05) is 26.2 Å². The third kappa shape index (κ3) is 4.97. The van der Waals surface area contributed by atoms with Crippen LogP contribution in [-0.4, -0.2) is 42.4 Å². The van der Waals surface area contributed by atoms with Crippen LogP contribution in [0, 0.1) is 0 Å². The third-order valence-electron chi connectivity index (χ3n) is 4.37. The minimum absolute atomic E-state index is 0.326. The van der Waals surface area contributed by atoms with E-state index >= 15 is 0 Å². The van der Waals surface area contributed by atoms with Crippen LogP contribution in [0.1, 0.15) is 19.3 Å². The zero-order chi connectivity index (χ0) is 16.8. The van der Waals surface area contributed by atoms with E-state index in [2.05, 4.69) is 4.90 Å². The van der Waals surface area contributed by atoms with Crippen molar-refractivity contribution in [2.24, 2.45) is 0 Å². The monoisotopic (exact) mass is 345 g/mol. The molecule has 2 aromatic carbocycles. The smallest absolute Gasteiger partial charge is 0.119 e. The predicted molar refractivity (Wildman–Crippen MR) is 98.7 cm³/mol. The van der Waals surface area contributed by atoms with Crippen molar-refractivity contribution in [3.63, 3.8) is 0 Å². The van der Waals surface area contributed by atoms with Crippen molar-refractivity contribution in [3.05, 3.63) is 53.6 Å². The molecule has 24 heavy (non-hydrogen) atoms. The molecule has 1 heterocycles. The van der Waals surface area contributed by atoms with Crippen molar-refractivity contribution in [1.29, 1.82) is 0 Å². The summed E-state index contributed by atoms with van der Waals surface area (Å²) in [4.78, 5) is 2.32. The van der Waals surface area contributed by atoms with Gasteiger partial charge in [-0.15, -0.1) is 0 Å². The molecular weight excluding hydrogens is 322 g/mol. The van der Waals surface area contributed by atoms with Crippen molar-refractivity contribution in [1.82, 2.24) is 4.90 Å². The zero-order valence-electron chi connectivity index (χ0n) is 13.8. The van der Waals surface area contributed by atoms with Crippen LogP contribution in [0.3, 0.4) is 0 Å². The highest BCUT2D eigenvalue weighted by Gasteiger charge is 2.15. The van der Waals surface area contributed by atoms with E-state index in [4.69, 9.17) is 16.3 Å². The Morgan fingerprint density at radius 3 is 2.46 bits per heavy atom. The summed E-state index contributed by atoms with van der Waals surface area (Å²) in [7, 11) is 0. The Morgan fingerprint density at radius 1 is 1.00 bits per heavy atom. The molecule has 1 saturated heterocycles. The van der Waals surface area contributed by atoms with E-state index in [0.29, 0.717) is 13.2 Å². The summed E-state index contributed by atoms with van der Waals surface area (Å²) in [6, 6.07) is 15.7. The third-order valence-corrected chi connectivity index (χ3v) is 4.61. The van der Waals surface area contributed by atoms with E-state index in [0.717, 1.165) is 35.0 Å². The molecule has 1 fully saturated rings. The first-order valence-corrected chi connectivity index (χ1v) is 8.98. The molecule has 128 valence electrons. The molecular formula is C20H24ClNO2. The number of likely N-dealkylation sites (tertiary alicyclic amines) is 1. The number of aliphatic hydroxyl groups is 1. The van der Waals surface area contributed by atoms with Gasteiger partial charge in [-0.25, -0.2) is 0 Å². The Hall–Kier alpha value is -1.55. The van der Waals surface area contributed by atoms with E-state index in [-0.39, 0.29) is 0 Å². The van der Waals surface area contributed by atoms with Gasteiger partial charge < -0.3 is 14.7 Å². The van der Waals surface area contributed by atoms with Gasteiger partial charge in [0.2, 0.25) is 0 Å². The van der Waals surface area contributed by atoms with Gasteiger partial charge in [0.25, 0.3) is 0 Å². The van der Waals surface area contributed by atoms with Crippen LogP contribution in [0.4, 0.5) is 0 Å².